The molecule has 2 aromatic rings. The summed E-state index contributed by atoms with van der Waals surface area (Å²) in [5.74, 6) is -0.959. The molecule has 2 amide bonds. The number of carbonyl (C=O) groups is 2. The fourth-order valence-corrected chi connectivity index (χ4v) is 5.54. The smallest absolute Gasteiger partial charge is 0.246 e. The lowest BCUT2D eigenvalue weighted by Crippen LogP contribution is -2.43. The van der Waals surface area contributed by atoms with E-state index in [1.807, 2.05) is 0 Å². The van der Waals surface area contributed by atoms with Crippen LogP contribution in [0.1, 0.15) is 25.3 Å². The highest BCUT2D eigenvalue weighted by molar-refractivity contribution is 7.89. The van der Waals surface area contributed by atoms with Crippen molar-refractivity contribution in [3.63, 3.8) is 0 Å². The summed E-state index contributed by atoms with van der Waals surface area (Å²) >= 11 is 6.04. The number of hydrogen-bond acceptors (Lipinski definition) is 5. The highest BCUT2D eigenvalue weighted by Crippen LogP contribution is 2.32. The number of rotatable bonds is 8. The van der Waals surface area contributed by atoms with Gasteiger partial charge in [-0.1, -0.05) is 23.7 Å². The van der Waals surface area contributed by atoms with Gasteiger partial charge >= 0.3 is 0 Å². The molecule has 1 aliphatic rings. The maximum Gasteiger partial charge on any atom is 0.246 e. The van der Waals surface area contributed by atoms with E-state index in [0.29, 0.717) is 31.7 Å². The molecular formula is C22H26ClN3O5S. The Labute approximate surface area is 192 Å². The second-order valence-corrected chi connectivity index (χ2v) is 9.90. The number of primary amides is 1. The Balaban J connectivity index is 1.72. The van der Waals surface area contributed by atoms with E-state index in [0.717, 1.165) is 5.56 Å². The third-order valence-electron chi connectivity index (χ3n) is 5.18. The number of ether oxygens (including phenoxy) is 1. The zero-order chi connectivity index (χ0) is 23.3. The summed E-state index contributed by atoms with van der Waals surface area (Å²) in [6.07, 6.45) is 1.25. The number of nitrogens with two attached hydrogens (primary N) is 1. The van der Waals surface area contributed by atoms with Crippen LogP contribution in [0.4, 0.5) is 5.69 Å². The molecule has 10 heteroatoms. The Kier molecular flexibility index (Phi) is 7.76. The second kappa shape index (κ2) is 10.3. The first-order valence-corrected chi connectivity index (χ1v) is 12.1. The number of anilines is 1. The Morgan fingerprint density at radius 1 is 1.22 bits per heavy atom. The number of hydrogen-bond donors (Lipinski definition) is 2. The van der Waals surface area contributed by atoms with Gasteiger partial charge in [0.25, 0.3) is 0 Å². The Morgan fingerprint density at radius 3 is 2.59 bits per heavy atom. The minimum absolute atomic E-state index is 0.00190. The minimum atomic E-state index is -3.89. The molecule has 1 saturated heterocycles. The molecule has 3 N–H and O–H groups in total. The summed E-state index contributed by atoms with van der Waals surface area (Å²) in [5.41, 5.74) is 6.50. The van der Waals surface area contributed by atoms with E-state index in [2.05, 4.69) is 5.32 Å². The van der Waals surface area contributed by atoms with E-state index >= 15 is 0 Å². The zero-order valence-electron chi connectivity index (χ0n) is 17.7. The van der Waals surface area contributed by atoms with Crippen molar-refractivity contribution in [2.24, 2.45) is 11.7 Å². The average molecular weight is 480 g/mol. The number of benzene rings is 2. The molecule has 172 valence electrons. The lowest BCUT2D eigenvalue weighted by Gasteiger charge is -2.31. The van der Waals surface area contributed by atoms with Crippen LogP contribution in [0.25, 0.3) is 0 Å². The quantitative estimate of drug-likeness (QED) is 0.603. The molecule has 32 heavy (non-hydrogen) atoms. The molecule has 0 spiro atoms. The first kappa shape index (κ1) is 24.0. The van der Waals surface area contributed by atoms with Crippen molar-refractivity contribution in [1.29, 1.82) is 0 Å². The van der Waals surface area contributed by atoms with Crippen LogP contribution in [-0.4, -0.2) is 44.2 Å². The van der Waals surface area contributed by atoms with Gasteiger partial charge in [0.15, 0.2) is 0 Å². The standard InChI is InChI=1S/C22H26ClN3O5S/c1-2-31-19-10-7-17(23)13-20(19)32(29,30)26-11-3-4-16(14-26)22(28)25-18-8-5-15(6-9-18)12-21(24)27/h5-10,13,16H,2-4,11-12,14H2,1H3,(H2,24,27)(H,25,28)/t16-/m0/s1. The van der Waals surface area contributed by atoms with Gasteiger partial charge in [0.05, 0.1) is 18.9 Å². The first-order valence-electron chi connectivity index (χ1n) is 10.3. The van der Waals surface area contributed by atoms with E-state index in [4.69, 9.17) is 22.1 Å². The minimum Gasteiger partial charge on any atom is -0.492 e. The molecule has 0 unspecified atom stereocenters. The highest BCUT2D eigenvalue weighted by atomic mass is 35.5. The van der Waals surface area contributed by atoms with Crippen molar-refractivity contribution in [2.75, 3.05) is 25.0 Å². The van der Waals surface area contributed by atoms with Crippen LogP contribution < -0.4 is 15.8 Å². The molecule has 0 saturated carbocycles. The monoisotopic (exact) mass is 479 g/mol. The van der Waals surface area contributed by atoms with Crippen LogP contribution in [0, 0.1) is 5.92 Å². The summed E-state index contributed by atoms with van der Waals surface area (Å²) in [4.78, 5) is 23.8. The van der Waals surface area contributed by atoms with E-state index in [-0.39, 0.29) is 34.5 Å². The van der Waals surface area contributed by atoms with Gasteiger partial charge < -0.3 is 15.8 Å². The Bertz CT molecular complexity index is 1090. The third-order valence-corrected chi connectivity index (χ3v) is 7.30. The van der Waals surface area contributed by atoms with Gasteiger partial charge in [0, 0.05) is 23.8 Å². The van der Waals surface area contributed by atoms with E-state index in [1.54, 1.807) is 37.3 Å². The van der Waals surface area contributed by atoms with E-state index < -0.39 is 21.8 Å². The van der Waals surface area contributed by atoms with Crippen LogP contribution >= 0.6 is 11.6 Å². The van der Waals surface area contributed by atoms with Gasteiger partial charge in [0.2, 0.25) is 21.8 Å². The maximum atomic E-state index is 13.3. The predicted octanol–water partition coefficient (Wildman–Crippen LogP) is 2.81. The molecule has 1 aliphatic heterocycles. The van der Waals surface area contributed by atoms with Crippen molar-refractivity contribution < 1.29 is 22.7 Å². The lowest BCUT2D eigenvalue weighted by molar-refractivity contribution is -0.121. The van der Waals surface area contributed by atoms with Crippen LogP contribution in [0.5, 0.6) is 5.75 Å². The van der Waals surface area contributed by atoms with Gasteiger partial charge in [-0.25, -0.2) is 8.42 Å². The molecule has 8 nitrogen and oxygen atoms in total. The summed E-state index contributed by atoms with van der Waals surface area (Å²) in [5, 5.41) is 3.11. The molecule has 1 fully saturated rings. The normalized spacial score (nSPS) is 17.0. The summed E-state index contributed by atoms with van der Waals surface area (Å²) in [6, 6.07) is 11.3. The highest BCUT2D eigenvalue weighted by Gasteiger charge is 2.35. The fourth-order valence-electron chi connectivity index (χ4n) is 3.62. The molecule has 3 rings (SSSR count). The topological polar surface area (TPSA) is 119 Å². The first-order chi connectivity index (χ1) is 15.2. The number of nitrogens with zero attached hydrogens (tertiary/aromatic N) is 1. The number of carbonyl (C=O) groups excluding carboxylic acids is 2. The summed E-state index contributed by atoms with van der Waals surface area (Å²) < 4.78 is 33.4. The second-order valence-electron chi connectivity index (χ2n) is 7.56. The van der Waals surface area contributed by atoms with Crippen molar-refractivity contribution in [1.82, 2.24) is 4.31 Å². The molecule has 0 aromatic heterocycles. The molecule has 2 aromatic carbocycles. The number of nitrogens with one attached hydrogen (secondary N) is 1. The average Bonchev–Trinajstić information content (AvgIpc) is 2.76. The van der Waals surface area contributed by atoms with Crippen molar-refractivity contribution in [2.45, 2.75) is 31.1 Å². The van der Waals surface area contributed by atoms with E-state index in [9.17, 15) is 18.0 Å². The molecule has 1 atom stereocenters. The van der Waals surface area contributed by atoms with Gasteiger partial charge in [-0.15, -0.1) is 0 Å². The van der Waals surface area contributed by atoms with Crippen molar-refractivity contribution >= 4 is 39.1 Å². The number of sulfonamides is 1. The maximum absolute atomic E-state index is 13.3. The molecular weight excluding hydrogens is 454 g/mol. The van der Waals surface area contributed by atoms with Crippen LogP contribution in [0.2, 0.25) is 5.02 Å². The van der Waals surface area contributed by atoms with E-state index in [1.165, 1.54) is 16.4 Å². The fraction of sp³-hybridized carbons (Fsp3) is 0.364. The van der Waals surface area contributed by atoms with Crippen LogP contribution in [0.15, 0.2) is 47.4 Å². The molecule has 1 heterocycles. The predicted molar refractivity (Wildman–Crippen MR) is 122 cm³/mol. The van der Waals surface area contributed by atoms with Gasteiger partial charge in [-0.2, -0.15) is 4.31 Å². The SMILES string of the molecule is CCOc1ccc(Cl)cc1S(=O)(=O)N1CCC[C@H](C(=O)Nc2ccc(CC(N)=O)cc2)C1. The van der Waals surface area contributed by atoms with Crippen molar-refractivity contribution in [3.05, 3.63) is 53.1 Å². The lowest BCUT2D eigenvalue weighted by atomic mass is 9.98. The summed E-state index contributed by atoms with van der Waals surface area (Å²) in [6.45, 7) is 2.46. The molecule has 0 radical (unpaired) electrons. The summed E-state index contributed by atoms with van der Waals surface area (Å²) in [7, 11) is -3.89. The molecule has 0 bridgehead atoms. The Morgan fingerprint density at radius 2 is 1.94 bits per heavy atom. The molecule has 0 aliphatic carbocycles. The number of piperidine rings is 1. The zero-order valence-corrected chi connectivity index (χ0v) is 19.3. The van der Waals surface area contributed by atoms with Gasteiger partial charge in [-0.05, 0) is 55.7 Å². The van der Waals surface area contributed by atoms with Crippen LogP contribution in [0.3, 0.4) is 0 Å². The number of amides is 2. The number of halogens is 1. The Hall–Kier alpha value is -2.62. The van der Waals surface area contributed by atoms with Crippen LogP contribution in [-0.2, 0) is 26.0 Å². The van der Waals surface area contributed by atoms with Gasteiger partial charge in [0.1, 0.15) is 10.6 Å². The van der Waals surface area contributed by atoms with Crippen molar-refractivity contribution in [3.8, 4) is 5.75 Å². The largest absolute Gasteiger partial charge is 0.492 e. The van der Waals surface area contributed by atoms with Gasteiger partial charge in [-0.3, -0.25) is 9.59 Å². The third kappa shape index (κ3) is 5.79.